The Morgan fingerprint density at radius 3 is 2.52 bits per heavy atom. The normalized spacial score (nSPS) is 10.9. The van der Waals surface area contributed by atoms with E-state index < -0.39 is 22.0 Å². The van der Waals surface area contributed by atoms with Gasteiger partial charge in [0.25, 0.3) is 0 Å². The minimum absolute atomic E-state index is 0.0179. The number of amides is 2. The SMILES string of the molecule is COc1cc(C(=O)O)ccc1S(=O)(=O)NCCNC(N)=O. The number of carboxylic acid groups (broad SMARTS) is 1. The summed E-state index contributed by atoms with van der Waals surface area (Å²) in [5.74, 6) is -1.29. The summed E-state index contributed by atoms with van der Waals surface area (Å²) in [6, 6.07) is 2.63. The quantitative estimate of drug-likeness (QED) is 0.491. The molecule has 0 bridgehead atoms. The predicted octanol–water partition coefficient (Wildman–Crippen LogP) is -0.660. The number of benzene rings is 1. The Kier molecular flexibility index (Phi) is 5.50. The van der Waals surface area contributed by atoms with Crippen LogP contribution < -0.4 is 20.5 Å². The van der Waals surface area contributed by atoms with Gasteiger partial charge in [0, 0.05) is 13.1 Å². The molecule has 0 aliphatic rings. The molecule has 9 nitrogen and oxygen atoms in total. The van der Waals surface area contributed by atoms with Gasteiger partial charge >= 0.3 is 12.0 Å². The van der Waals surface area contributed by atoms with Crippen LogP contribution in [0.2, 0.25) is 0 Å². The number of carbonyl (C=O) groups excluding carboxylic acids is 1. The van der Waals surface area contributed by atoms with Gasteiger partial charge in [-0.2, -0.15) is 0 Å². The van der Waals surface area contributed by atoms with Gasteiger partial charge in [-0.05, 0) is 18.2 Å². The third-order valence-corrected chi connectivity index (χ3v) is 3.92. The first-order valence-corrected chi connectivity index (χ1v) is 7.20. The zero-order valence-electron chi connectivity index (χ0n) is 11.1. The van der Waals surface area contributed by atoms with Gasteiger partial charge in [0.15, 0.2) is 0 Å². The third-order valence-electron chi connectivity index (χ3n) is 2.42. The Bertz CT molecular complexity index is 643. The van der Waals surface area contributed by atoms with Gasteiger partial charge in [-0.25, -0.2) is 22.7 Å². The molecule has 0 saturated heterocycles. The smallest absolute Gasteiger partial charge is 0.335 e. The van der Waals surface area contributed by atoms with Crippen molar-refractivity contribution >= 4 is 22.0 Å². The van der Waals surface area contributed by atoms with E-state index in [1.54, 1.807) is 0 Å². The molecule has 10 heteroatoms. The zero-order chi connectivity index (χ0) is 16.0. The summed E-state index contributed by atoms with van der Waals surface area (Å²) >= 11 is 0. The third kappa shape index (κ3) is 4.61. The van der Waals surface area contributed by atoms with Crippen LogP contribution in [0.5, 0.6) is 5.75 Å². The minimum Gasteiger partial charge on any atom is -0.495 e. The number of urea groups is 1. The standard InChI is InChI=1S/C11H15N3O6S/c1-20-8-6-7(10(15)16)2-3-9(8)21(18,19)14-5-4-13-11(12)17/h2-3,6,14H,4-5H2,1H3,(H,15,16)(H3,12,13,17). The summed E-state index contributed by atoms with van der Waals surface area (Å²) in [4.78, 5) is 21.1. The van der Waals surface area contributed by atoms with E-state index in [-0.39, 0.29) is 29.3 Å². The summed E-state index contributed by atoms with van der Waals surface area (Å²) in [5, 5.41) is 11.1. The van der Waals surface area contributed by atoms with Crippen molar-refractivity contribution in [3.63, 3.8) is 0 Å². The first kappa shape index (κ1) is 16.7. The monoisotopic (exact) mass is 317 g/mol. The predicted molar refractivity (Wildman–Crippen MR) is 72.7 cm³/mol. The Hall–Kier alpha value is -2.33. The Morgan fingerprint density at radius 1 is 1.33 bits per heavy atom. The number of primary amides is 1. The van der Waals surface area contributed by atoms with Crippen LogP contribution in [0.15, 0.2) is 23.1 Å². The van der Waals surface area contributed by atoms with Crippen molar-refractivity contribution in [2.24, 2.45) is 5.73 Å². The number of hydrogen-bond donors (Lipinski definition) is 4. The molecule has 1 aromatic rings. The fourth-order valence-corrected chi connectivity index (χ4v) is 2.65. The molecule has 0 fully saturated rings. The zero-order valence-corrected chi connectivity index (χ0v) is 11.9. The number of sulfonamides is 1. The van der Waals surface area contributed by atoms with Gasteiger partial charge in [0.2, 0.25) is 10.0 Å². The van der Waals surface area contributed by atoms with Crippen molar-refractivity contribution < 1.29 is 27.9 Å². The van der Waals surface area contributed by atoms with Crippen molar-refractivity contribution in [2.75, 3.05) is 20.2 Å². The van der Waals surface area contributed by atoms with Crippen molar-refractivity contribution in [3.05, 3.63) is 23.8 Å². The van der Waals surface area contributed by atoms with Crippen LogP contribution in [-0.4, -0.2) is 45.7 Å². The van der Waals surface area contributed by atoms with E-state index in [1.165, 1.54) is 7.11 Å². The summed E-state index contributed by atoms with van der Waals surface area (Å²) in [6.07, 6.45) is 0. The Labute approximate surface area is 121 Å². The van der Waals surface area contributed by atoms with E-state index in [9.17, 15) is 18.0 Å². The first-order chi connectivity index (χ1) is 9.77. The summed E-state index contributed by atoms with van der Waals surface area (Å²) in [6.45, 7) is -0.0564. The van der Waals surface area contributed by atoms with E-state index in [0.29, 0.717) is 0 Å². The van der Waals surface area contributed by atoms with E-state index in [0.717, 1.165) is 18.2 Å². The molecule has 1 aromatic carbocycles. The van der Waals surface area contributed by atoms with Crippen molar-refractivity contribution in [3.8, 4) is 5.75 Å². The number of nitrogens with one attached hydrogen (secondary N) is 2. The number of rotatable bonds is 7. The number of carbonyl (C=O) groups is 2. The highest BCUT2D eigenvalue weighted by Gasteiger charge is 2.20. The van der Waals surface area contributed by atoms with Gasteiger partial charge in [0.05, 0.1) is 12.7 Å². The molecular weight excluding hydrogens is 302 g/mol. The molecule has 0 saturated carbocycles. The number of hydrogen-bond acceptors (Lipinski definition) is 5. The molecule has 0 spiro atoms. The van der Waals surface area contributed by atoms with Crippen LogP contribution in [0.1, 0.15) is 10.4 Å². The molecule has 21 heavy (non-hydrogen) atoms. The molecule has 2 amide bonds. The van der Waals surface area contributed by atoms with E-state index in [2.05, 4.69) is 10.0 Å². The van der Waals surface area contributed by atoms with E-state index >= 15 is 0 Å². The number of carboxylic acids is 1. The largest absolute Gasteiger partial charge is 0.495 e. The number of methoxy groups -OCH3 is 1. The van der Waals surface area contributed by atoms with Crippen LogP contribution in [0, 0.1) is 0 Å². The van der Waals surface area contributed by atoms with Crippen molar-refractivity contribution in [1.82, 2.24) is 10.0 Å². The fourth-order valence-electron chi connectivity index (χ4n) is 1.47. The van der Waals surface area contributed by atoms with E-state index in [1.807, 2.05) is 0 Å². The maximum Gasteiger partial charge on any atom is 0.335 e. The number of aromatic carboxylic acids is 1. The summed E-state index contributed by atoms with van der Waals surface area (Å²) < 4.78 is 31.2. The summed E-state index contributed by atoms with van der Waals surface area (Å²) in [5.41, 5.74) is 4.75. The highest BCUT2D eigenvalue weighted by Crippen LogP contribution is 2.24. The van der Waals surface area contributed by atoms with Crippen LogP contribution in [-0.2, 0) is 10.0 Å². The highest BCUT2D eigenvalue weighted by molar-refractivity contribution is 7.89. The fraction of sp³-hybridized carbons (Fsp3) is 0.273. The van der Waals surface area contributed by atoms with Gasteiger partial charge in [-0.1, -0.05) is 0 Å². The second-order valence-corrected chi connectivity index (χ2v) is 5.59. The van der Waals surface area contributed by atoms with Gasteiger partial charge in [-0.3, -0.25) is 0 Å². The lowest BCUT2D eigenvalue weighted by molar-refractivity contribution is 0.0696. The lowest BCUT2D eigenvalue weighted by atomic mass is 10.2. The molecule has 0 atom stereocenters. The average Bonchev–Trinajstić information content (AvgIpc) is 2.42. The molecule has 0 heterocycles. The number of nitrogens with two attached hydrogens (primary N) is 1. The van der Waals surface area contributed by atoms with Gasteiger partial charge < -0.3 is 20.9 Å². The summed E-state index contributed by atoms with van der Waals surface area (Å²) in [7, 11) is -2.67. The lowest BCUT2D eigenvalue weighted by Crippen LogP contribution is -2.37. The van der Waals surface area contributed by atoms with Crippen LogP contribution in [0.4, 0.5) is 4.79 Å². The van der Waals surface area contributed by atoms with Gasteiger partial charge in [-0.15, -0.1) is 0 Å². The molecule has 0 aliphatic heterocycles. The Morgan fingerprint density at radius 2 is 2.00 bits per heavy atom. The van der Waals surface area contributed by atoms with Crippen molar-refractivity contribution in [2.45, 2.75) is 4.90 Å². The molecule has 5 N–H and O–H groups in total. The Balaban J connectivity index is 2.92. The minimum atomic E-state index is -3.90. The molecule has 1 rings (SSSR count). The second kappa shape index (κ2) is 6.90. The number of ether oxygens (including phenoxy) is 1. The molecule has 0 unspecified atom stereocenters. The molecule has 0 aliphatic carbocycles. The highest BCUT2D eigenvalue weighted by atomic mass is 32.2. The maximum atomic E-state index is 12.1. The maximum absolute atomic E-state index is 12.1. The molecule has 0 radical (unpaired) electrons. The second-order valence-electron chi connectivity index (χ2n) is 3.86. The molecular formula is C11H15N3O6S. The van der Waals surface area contributed by atoms with Crippen molar-refractivity contribution in [1.29, 1.82) is 0 Å². The average molecular weight is 317 g/mol. The van der Waals surface area contributed by atoms with Crippen LogP contribution >= 0.6 is 0 Å². The molecule has 0 aromatic heterocycles. The molecule has 116 valence electrons. The lowest BCUT2D eigenvalue weighted by Gasteiger charge is -2.11. The van der Waals surface area contributed by atoms with Crippen LogP contribution in [0.3, 0.4) is 0 Å². The topological polar surface area (TPSA) is 148 Å². The van der Waals surface area contributed by atoms with Gasteiger partial charge in [0.1, 0.15) is 10.6 Å². The van der Waals surface area contributed by atoms with E-state index in [4.69, 9.17) is 15.6 Å². The van der Waals surface area contributed by atoms with Crippen LogP contribution in [0.25, 0.3) is 0 Å². The first-order valence-electron chi connectivity index (χ1n) is 5.72.